The molecular weight excluding hydrogens is 214 g/mol. The molecule has 84 valence electrons. The van der Waals surface area contributed by atoms with Gasteiger partial charge in [-0.2, -0.15) is 0 Å². The zero-order valence-corrected chi connectivity index (χ0v) is 10.6. The van der Waals surface area contributed by atoms with Gasteiger partial charge in [-0.1, -0.05) is 30.3 Å². The second kappa shape index (κ2) is 5.28. The molecule has 0 aliphatic carbocycles. The number of thiophene rings is 1. The van der Waals surface area contributed by atoms with Gasteiger partial charge in [0.2, 0.25) is 0 Å². The van der Waals surface area contributed by atoms with Crippen molar-refractivity contribution in [1.82, 2.24) is 5.32 Å². The molecule has 0 fully saturated rings. The molecule has 1 N–H and O–H groups in total. The first kappa shape index (κ1) is 11.4. The Kier molecular flexibility index (Phi) is 3.75. The van der Waals surface area contributed by atoms with Crippen LogP contribution in [0.3, 0.4) is 0 Å². The Morgan fingerprint density at radius 2 is 1.88 bits per heavy atom. The molecule has 0 amide bonds. The standard InChI is InChI=1S/C14H17NS/c1-11-8-9-14(16-11)10-15-12(2)13-6-4-3-5-7-13/h3-9,12,15H,10H2,1-2H3/t12-/m1/s1. The first-order valence-electron chi connectivity index (χ1n) is 5.59. The van der Waals surface area contributed by atoms with E-state index in [4.69, 9.17) is 0 Å². The molecule has 0 aliphatic heterocycles. The lowest BCUT2D eigenvalue weighted by Crippen LogP contribution is -2.17. The zero-order chi connectivity index (χ0) is 11.4. The maximum atomic E-state index is 3.54. The Labute approximate surface area is 101 Å². The van der Waals surface area contributed by atoms with Crippen LogP contribution in [0.2, 0.25) is 0 Å². The van der Waals surface area contributed by atoms with Crippen molar-refractivity contribution in [3.63, 3.8) is 0 Å². The smallest absolute Gasteiger partial charge is 0.0305 e. The monoisotopic (exact) mass is 231 g/mol. The number of aryl methyl sites for hydroxylation is 1. The molecule has 0 spiro atoms. The molecule has 0 saturated heterocycles. The van der Waals surface area contributed by atoms with E-state index in [1.165, 1.54) is 15.3 Å². The summed E-state index contributed by atoms with van der Waals surface area (Å²) in [5.41, 5.74) is 1.34. The third-order valence-electron chi connectivity index (χ3n) is 2.68. The Morgan fingerprint density at radius 1 is 1.12 bits per heavy atom. The average Bonchev–Trinajstić information content (AvgIpc) is 2.73. The van der Waals surface area contributed by atoms with E-state index in [0.29, 0.717) is 6.04 Å². The van der Waals surface area contributed by atoms with Crippen molar-refractivity contribution in [1.29, 1.82) is 0 Å². The summed E-state index contributed by atoms with van der Waals surface area (Å²) in [6, 6.07) is 15.3. The molecule has 2 heteroatoms. The number of rotatable bonds is 4. The molecule has 16 heavy (non-hydrogen) atoms. The lowest BCUT2D eigenvalue weighted by Gasteiger charge is -2.13. The molecule has 0 unspecified atom stereocenters. The van der Waals surface area contributed by atoms with Crippen LogP contribution in [-0.2, 0) is 6.54 Å². The summed E-state index contributed by atoms with van der Waals surface area (Å²) in [6.45, 7) is 5.30. The minimum Gasteiger partial charge on any atom is -0.305 e. The molecule has 0 radical (unpaired) electrons. The van der Waals surface area contributed by atoms with Crippen molar-refractivity contribution in [3.8, 4) is 0 Å². The highest BCUT2D eigenvalue weighted by molar-refractivity contribution is 7.11. The van der Waals surface area contributed by atoms with Gasteiger partial charge in [0.1, 0.15) is 0 Å². The molecule has 1 nitrogen and oxygen atoms in total. The summed E-state index contributed by atoms with van der Waals surface area (Å²) in [6.07, 6.45) is 0. The fraction of sp³-hybridized carbons (Fsp3) is 0.286. The van der Waals surface area contributed by atoms with E-state index in [1.54, 1.807) is 0 Å². The van der Waals surface area contributed by atoms with Crippen LogP contribution in [0.1, 0.15) is 28.3 Å². The molecule has 1 aromatic carbocycles. The number of hydrogen-bond donors (Lipinski definition) is 1. The highest BCUT2D eigenvalue weighted by Gasteiger charge is 2.04. The van der Waals surface area contributed by atoms with Gasteiger partial charge in [-0.25, -0.2) is 0 Å². The summed E-state index contributed by atoms with van der Waals surface area (Å²) >= 11 is 1.86. The highest BCUT2D eigenvalue weighted by Crippen LogP contribution is 2.17. The van der Waals surface area contributed by atoms with Gasteiger partial charge in [-0.3, -0.25) is 0 Å². The van der Waals surface area contributed by atoms with E-state index in [-0.39, 0.29) is 0 Å². The van der Waals surface area contributed by atoms with Crippen LogP contribution in [0.5, 0.6) is 0 Å². The number of hydrogen-bond acceptors (Lipinski definition) is 2. The average molecular weight is 231 g/mol. The van der Waals surface area contributed by atoms with Crippen molar-refractivity contribution in [3.05, 3.63) is 57.8 Å². The van der Waals surface area contributed by atoms with Crippen LogP contribution in [0.4, 0.5) is 0 Å². The predicted octanol–water partition coefficient (Wildman–Crippen LogP) is 3.91. The van der Waals surface area contributed by atoms with Gasteiger partial charge >= 0.3 is 0 Å². The lowest BCUT2D eigenvalue weighted by molar-refractivity contribution is 0.579. The molecule has 2 rings (SSSR count). The highest BCUT2D eigenvalue weighted by atomic mass is 32.1. The summed E-state index contributed by atoms with van der Waals surface area (Å²) in [5.74, 6) is 0. The van der Waals surface area contributed by atoms with Gasteiger partial charge in [-0.05, 0) is 31.5 Å². The second-order valence-corrected chi connectivity index (χ2v) is 5.40. The first-order chi connectivity index (χ1) is 7.75. The van der Waals surface area contributed by atoms with Gasteiger partial charge in [0, 0.05) is 22.3 Å². The third kappa shape index (κ3) is 2.94. The minimum absolute atomic E-state index is 0.406. The van der Waals surface area contributed by atoms with Crippen molar-refractivity contribution < 1.29 is 0 Å². The molecule has 1 heterocycles. The summed E-state index contributed by atoms with van der Waals surface area (Å²) in [7, 11) is 0. The molecule has 0 saturated carbocycles. The van der Waals surface area contributed by atoms with E-state index in [2.05, 4.69) is 61.6 Å². The van der Waals surface area contributed by atoms with Crippen LogP contribution in [0.25, 0.3) is 0 Å². The van der Waals surface area contributed by atoms with Gasteiger partial charge in [0.25, 0.3) is 0 Å². The van der Waals surface area contributed by atoms with E-state index in [9.17, 15) is 0 Å². The fourth-order valence-electron chi connectivity index (χ4n) is 1.69. The Morgan fingerprint density at radius 3 is 2.50 bits per heavy atom. The van der Waals surface area contributed by atoms with Crippen molar-refractivity contribution in [2.75, 3.05) is 0 Å². The summed E-state index contributed by atoms with van der Waals surface area (Å²) in [5, 5.41) is 3.54. The van der Waals surface area contributed by atoms with Crippen LogP contribution >= 0.6 is 11.3 Å². The van der Waals surface area contributed by atoms with E-state index < -0.39 is 0 Å². The normalized spacial score (nSPS) is 12.6. The maximum absolute atomic E-state index is 3.54. The molecule has 0 bridgehead atoms. The Balaban J connectivity index is 1.91. The van der Waals surface area contributed by atoms with Gasteiger partial charge in [0.15, 0.2) is 0 Å². The second-order valence-electron chi connectivity index (χ2n) is 4.03. The fourth-order valence-corrected chi connectivity index (χ4v) is 2.53. The van der Waals surface area contributed by atoms with E-state index >= 15 is 0 Å². The molecule has 2 aromatic rings. The third-order valence-corrected chi connectivity index (χ3v) is 3.68. The Hall–Kier alpha value is -1.12. The van der Waals surface area contributed by atoms with Crippen molar-refractivity contribution in [2.45, 2.75) is 26.4 Å². The van der Waals surface area contributed by atoms with Gasteiger partial charge in [0.05, 0.1) is 0 Å². The molecule has 0 aliphatic rings. The maximum Gasteiger partial charge on any atom is 0.0305 e. The SMILES string of the molecule is Cc1ccc(CN[C@H](C)c2ccccc2)s1. The van der Waals surface area contributed by atoms with Gasteiger partial charge < -0.3 is 5.32 Å². The topological polar surface area (TPSA) is 12.0 Å². The molecule has 1 atom stereocenters. The Bertz CT molecular complexity index is 433. The van der Waals surface area contributed by atoms with Crippen molar-refractivity contribution >= 4 is 11.3 Å². The lowest BCUT2D eigenvalue weighted by atomic mass is 10.1. The van der Waals surface area contributed by atoms with Crippen LogP contribution in [0, 0.1) is 6.92 Å². The quantitative estimate of drug-likeness (QED) is 0.841. The van der Waals surface area contributed by atoms with Crippen LogP contribution in [0.15, 0.2) is 42.5 Å². The summed E-state index contributed by atoms with van der Waals surface area (Å²) in [4.78, 5) is 2.78. The van der Waals surface area contributed by atoms with Crippen LogP contribution < -0.4 is 5.32 Å². The molecule has 1 aromatic heterocycles. The van der Waals surface area contributed by atoms with Crippen LogP contribution in [-0.4, -0.2) is 0 Å². The zero-order valence-electron chi connectivity index (χ0n) is 9.73. The molecular formula is C14H17NS. The first-order valence-corrected chi connectivity index (χ1v) is 6.41. The number of nitrogens with one attached hydrogen (secondary N) is 1. The van der Waals surface area contributed by atoms with Crippen molar-refractivity contribution in [2.24, 2.45) is 0 Å². The van der Waals surface area contributed by atoms with Gasteiger partial charge in [-0.15, -0.1) is 11.3 Å². The van der Waals surface area contributed by atoms with E-state index in [0.717, 1.165) is 6.54 Å². The van der Waals surface area contributed by atoms with E-state index in [1.807, 2.05) is 11.3 Å². The largest absolute Gasteiger partial charge is 0.305 e. The predicted molar refractivity (Wildman–Crippen MR) is 70.8 cm³/mol. The summed E-state index contributed by atoms with van der Waals surface area (Å²) < 4.78 is 0. The minimum atomic E-state index is 0.406. The number of benzene rings is 1.